The predicted molar refractivity (Wildman–Crippen MR) is 65.5 cm³/mol. The Morgan fingerprint density at radius 3 is 2.65 bits per heavy atom. The Hall–Kier alpha value is -1.26. The van der Waals surface area contributed by atoms with Gasteiger partial charge in [-0.3, -0.25) is 0 Å². The van der Waals surface area contributed by atoms with Gasteiger partial charge in [-0.25, -0.2) is 0 Å². The Kier molecular flexibility index (Phi) is 3.86. The zero-order valence-corrected chi connectivity index (χ0v) is 10.3. The molecule has 4 heteroatoms. The van der Waals surface area contributed by atoms with Gasteiger partial charge in [0.15, 0.2) is 11.5 Å². The molecule has 1 aliphatic rings. The number of rotatable bonds is 3. The molecule has 0 unspecified atom stereocenters. The van der Waals surface area contributed by atoms with Crippen molar-refractivity contribution >= 4 is 0 Å². The highest BCUT2D eigenvalue weighted by atomic mass is 16.5. The molecule has 0 amide bonds. The average Bonchev–Trinajstić information content (AvgIpc) is 2.38. The third kappa shape index (κ3) is 2.53. The molecule has 4 nitrogen and oxygen atoms in total. The van der Waals surface area contributed by atoms with Crippen molar-refractivity contribution in [3.8, 4) is 11.5 Å². The normalized spacial score (nSPS) is 24.4. The average molecular weight is 237 g/mol. The van der Waals surface area contributed by atoms with Crippen LogP contribution in [0.2, 0.25) is 0 Å². The SMILES string of the molecule is COc1ccc([C@@H]2NCCC[C@@H]2O)cc1OC. The Labute approximate surface area is 102 Å². The van der Waals surface area contributed by atoms with Crippen LogP contribution in [0.5, 0.6) is 11.5 Å². The van der Waals surface area contributed by atoms with Crippen LogP contribution in [0.15, 0.2) is 18.2 Å². The molecule has 2 N–H and O–H groups in total. The molecular formula is C13H19NO3. The van der Waals surface area contributed by atoms with Crippen molar-refractivity contribution in [3.05, 3.63) is 23.8 Å². The molecule has 94 valence electrons. The van der Waals surface area contributed by atoms with Gasteiger partial charge < -0.3 is 19.9 Å². The van der Waals surface area contributed by atoms with Crippen molar-refractivity contribution in [2.45, 2.75) is 25.0 Å². The number of piperidine rings is 1. The molecule has 1 aliphatic heterocycles. The fourth-order valence-electron chi connectivity index (χ4n) is 2.26. The van der Waals surface area contributed by atoms with Crippen LogP contribution in [0.4, 0.5) is 0 Å². The maximum atomic E-state index is 9.98. The summed E-state index contributed by atoms with van der Waals surface area (Å²) in [5.41, 5.74) is 1.04. The Morgan fingerprint density at radius 2 is 2.00 bits per heavy atom. The summed E-state index contributed by atoms with van der Waals surface area (Å²) in [6.45, 7) is 0.941. The van der Waals surface area contributed by atoms with E-state index in [-0.39, 0.29) is 12.1 Å². The molecule has 2 rings (SSSR count). The zero-order chi connectivity index (χ0) is 12.3. The second kappa shape index (κ2) is 5.38. The first-order chi connectivity index (χ1) is 8.26. The molecule has 1 aromatic carbocycles. The summed E-state index contributed by atoms with van der Waals surface area (Å²) < 4.78 is 10.5. The van der Waals surface area contributed by atoms with Crippen LogP contribution in [0.1, 0.15) is 24.4 Å². The van der Waals surface area contributed by atoms with E-state index in [4.69, 9.17) is 9.47 Å². The van der Waals surface area contributed by atoms with Crippen LogP contribution in [-0.2, 0) is 0 Å². The summed E-state index contributed by atoms with van der Waals surface area (Å²) in [5.74, 6) is 1.41. The summed E-state index contributed by atoms with van der Waals surface area (Å²) in [6, 6.07) is 5.75. The second-order valence-corrected chi connectivity index (χ2v) is 4.26. The van der Waals surface area contributed by atoms with Gasteiger partial charge in [0.25, 0.3) is 0 Å². The standard InChI is InChI=1S/C13H19NO3/c1-16-11-6-5-9(8-12(11)17-2)13-10(15)4-3-7-14-13/h5-6,8,10,13-15H,3-4,7H2,1-2H3/t10-,13-/m0/s1. The Morgan fingerprint density at radius 1 is 1.24 bits per heavy atom. The van der Waals surface area contributed by atoms with E-state index >= 15 is 0 Å². The molecule has 1 fully saturated rings. The van der Waals surface area contributed by atoms with Crippen LogP contribution in [0, 0.1) is 0 Å². The Bertz CT molecular complexity index is 381. The van der Waals surface area contributed by atoms with Crippen molar-refractivity contribution in [3.63, 3.8) is 0 Å². The van der Waals surface area contributed by atoms with Gasteiger partial charge in [0.05, 0.1) is 26.4 Å². The van der Waals surface area contributed by atoms with Gasteiger partial charge in [-0.1, -0.05) is 6.07 Å². The van der Waals surface area contributed by atoms with E-state index in [0.29, 0.717) is 11.5 Å². The fourth-order valence-corrected chi connectivity index (χ4v) is 2.26. The topological polar surface area (TPSA) is 50.7 Å². The van der Waals surface area contributed by atoms with Gasteiger partial charge >= 0.3 is 0 Å². The monoisotopic (exact) mass is 237 g/mol. The van der Waals surface area contributed by atoms with Crippen molar-refractivity contribution < 1.29 is 14.6 Å². The van der Waals surface area contributed by atoms with Gasteiger partial charge in [0.2, 0.25) is 0 Å². The van der Waals surface area contributed by atoms with E-state index < -0.39 is 0 Å². The summed E-state index contributed by atoms with van der Waals surface area (Å²) in [4.78, 5) is 0. The van der Waals surface area contributed by atoms with Crippen LogP contribution in [-0.4, -0.2) is 32.0 Å². The van der Waals surface area contributed by atoms with Crippen LogP contribution >= 0.6 is 0 Å². The van der Waals surface area contributed by atoms with Crippen molar-refractivity contribution in [1.29, 1.82) is 0 Å². The first kappa shape index (κ1) is 12.2. The summed E-state index contributed by atoms with van der Waals surface area (Å²) in [6.07, 6.45) is 1.53. The van der Waals surface area contributed by atoms with Crippen LogP contribution < -0.4 is 14.8 Å². The third-order valence-corrected chi connectivity index (χ3v) is 3.19. The molecule has 17 heavy (non-hydrogen) atoms. The van der Waals surface area contributed by atoms with Gasteiger partial charge in [-0.15, -0.1) is 0 Å². The van der Waals surface area contributed by atoms with E-state index in [0.717, 1.165) is 24.9 Å². The molecule has 0 aromatic heterocycles. The highest BCUT2D eigenvalue weighted by Crippen LogP contribution is 2.32. The second-order valence-electron chi connectivity index (χ2n) is 4.26. The number of nitrogens with one attached hydrogen (secondary N) is 1. The minimum absolute atomic E-state index is 0.0106. The summed E-state index contributed by atoms with van der Waals surface area (Å²) in [7, 11) is 3.23. The molecule has 1 heterocycles. The lowest BCUT2D eigenvalue weighted by Crippen LogP contribution is -2.37. The molecule has 1 aromatic rings. The van der Waals surface area contributed by atoms with Gasteiger partial charge in [-0.2, -0.15) is 0 Å². The van der Waals surface area contributed by atoms with E-state index in [2.05, 4.69) is 5.32 Å². The fraction of sp³-hybridized carbons (Fsp3) is 0.538. The summed E-state index contributed by atoms with van der Waals surface area (Å²) >= 11 is 0. The van der Waals surface area contributed by atoms with Crippen molar-refractivity contribution in [2.24, 2.45) is 0 Å². The Balaban J connectivity index is 2.25. The number of hydrogen-bond donors (Lipinski definition) is 2. The lowest BCUT2D eigenvalue weighted by molar-refractivity contribution is 0.0964. The molecule has 0 aliphatic carbocycles. The molecule has 1 saturated heterocycles. The molecule has 0 saturated carbocycles. The number of aliphatic hydroxyl groups excluding tert-OH is 1. The highest BCUT2D eigenvalue weighted by molar-refractivity contribution is 5.44. The third-order valence-electron chi connectivity index (χ3n) is 3.19. The highest BCUT2D eigenvalue weighted by Gasteiger charge is 2.24. The van der Waals surface area contributed by atoms with Gasteiger partial charge in [0, 0.05) is 0 Å². The van der Waals surface area contributed by atoms with E-state index in [1.165, 1.54) is 0 Å². The molecular weight excluding hydrogens is 218 g/mol. The largest absolute Gasteiger partial charge is 0.493 e. The van der Waals surface area contributed by atoms with E-state index in [9.17, 15) is 5.11 Å². The number of aliphatic hydroxyl groups is 1. The summed E-state index contributed by atoms with van der Waals surface area (Å²) in [5, 5.41) is 13.3. The smallest absolute Gasteiger partial charge is 0.161 e. The minimum Gasteiger partial charge on any atom is -0.493 e. The first-order valence-electron chi connectivity index (χ1n) is 5.89. The van der Waals surface area contributed by atoms with E-state index in [1.54, 1.807) is 14.2 Å². The van der Waals surface area contributed by atoms with Crippen molar-refractivity contribution in [2.75, 3.05) is 20.8 Å². The molecule has 0 radical (unpaired) electrons. The number of benzene rings is 1. The van der Waals surface area contributed by atoms with Gasteiger partial charge in [0.1, 0.15) is 0 Å². The van der Waals surface area contributed by atoms with Crippen LogP contribution in [0.3, 0.4) is 0 Å². The lowest BCUT2D eigenvalue weighted by atomic mass is 9.94. The number of methoxy groups -OCH3 is 2. The molecule has 2 atom stereocenters. The molecule has 0 spiro atoms. The number of hydrogen-bond acceptors (Lipinski definition) is 4. The number of ether oxygens (including phenoxy) is 2. The van der Waals surface area contributed by atoms with Gasteiger partial charge in [-0.05, 0) is 37.1 Å². The first-order valence-corrected chi connectivity index (χ1v) is 5.89. The predicted octanol–water partition coefficient (Wildman–Crippen LogP) is 1.49. The maximum Gasteiger partial charge on any atom is 0.161 e. The molecule has 0 bridgehead atoms. The zero-order valence-electron chi connectivity index (χ0n) is 10.3. The van der Waals surface area contributed by atoms with Crippen LogP contribution in [0.25, 0.3) is 0 Å². The van der Waals surface area contributed by atoms with E-state index in [1.807, 2.05) is 18.2 Å². The lowest BCUT2D eigenvalue weighted by Gasteiger charge is -2.29. The minimum atomic E-state index is -0.332. The quantitative estimate of drug-likeness (QED) is 0.836. The van der Waals surface area contributed by atoms with Crippen molar-refractivity contribution in [1.82, 2.24) is 5.32 Å². The maximum absolute atomic E-state index is 9.98.